The van der Waals surface area contributed by atoms with Gasteiger partial charge in [0, 0.05) is 30.5 Å². The molecule has 23 heavy (non-hydrogen) atoms. The highest BCUT2D eigenvalue weighted by Gasteiger charge is 2.33. The number of pyridine rings is 1. The maximum absolute atomic E-state index is 12.4. The Balaban J connectivity index is 1.43. The van der Waals surface area contributed by atoms with Gasteiger partial charge in [0.15, 0.2) is 5.13 Å². The van der Waals surface area contributed by atoms with Crippen LogP contribution in [0.15, 0.2) is 42.2 Å². The number of imidazole rings is 1. The van der Waals surface area contributed by atoms with Gasteiger partial charge in [0.25, 0.3) is 0 Å². The van der Waals surface area contributed by atoms with Gasteiger partial charge >= 0.3 is 5.97 Å². The normalized spacial score (nSPS) is 17.7. The number of anilines is 1. The molecule has 0 N–H and O–H groups in total. The van der Waals surface area contributed by atoms with Gasteiger partial charge in [-0.15, -0.1) is 11.3 Å². The number of thiazole rings is 1. The number of hydrogen-bond donors (Lipinski definition) is 0. The minimum atomic E-state index is -0.238. The Morgan fingerprint density at radius 3 is 3.22 bits per heavy atom. The fourth-order valence-electron chi connectivity index (χ4n) is 2.90. The molecule has 1 fully saturated rings. The minimum absolute atomic E-state index is 0.197. The summed E-state index contributed by atoms with van der Waals surface area (Å²) in [4.78, 5) is 23.2. The van der Waals surface area contributed by atoms with Crippen molar-refractivity contribution in [2.24, 2.45) is 0 Å². The summed E-state index contributed by atoms with van der Waals surface area (Å²) in [6.45, 7) is 1.05. The molecule has 0 aliphatic carbocycles. The Morgan fingerprint density at radius 2 is 2.39 bits per heavy atom. The molecule has 0 spiro atoms. The first kappa shape index (κ1) is 14.2. The zero-order valence-corrected chi connectivity index (χ0v) is 13.3. The van der Waals surface area contributed by atoms with Crippen LogP contribution in [-0.4, -0.2) is 32.9 Å². The first-order valence-corrected chi connectivity index (χ1v) is 8.44. The molecule has 3 aromatic heterocycles. The Hall–Kier alpha value is -2.41. The molecule has 0 radical (unpaired) electrons. The van der Waals surface area contributed by atoms with E-state index in [2.05, 4.69) is 9.97 Å². The molecule has 1 unspecified atom stereocenters. The zero-order valence-electron chi connectivity index (χ0n) is 12.5. The van der Waals surface area contributed by atoms with Crippen molar-refractivity contribution >= 4 is 28.1 Å². The molecular formula is C16H16N4O2S. The summed E-state index contributed by atoms with van der Waals surface area (Å²) in [6.07, 6.45) is 7.36. The van der Waals surface area contributed by atoms with Gasteiger partial charge in [-0.3, -0.25) is 0 Å². The molecule has 7 heteroatoms. The van der Waals surface area contributed by atoms with Crippen molar-refractivity contribution in [2.45, 2.75) is 25.5 Å². The topological polar surface area (TPSA) is 59.7 Å². The third-order valence-electron chi connectivity index (χ3n) is 3.97. The zero-order chi connectivity index (χ0) is 15.6. The average Bonchev–Trinajstić information content (AvgIpc) is 3.31. The molecule has 1 saturated heterocycles. The first-order chi connectivity index (χ1) is 11.3. The van der Waals surface area contributed by atoms with E-state index in [0.29, 0.717) is 0 Å². The smallest absolute Gasteiger partial charge is 0.329 e. The van der Waals surface area contributed by atoms with Crippen LogP contribution in [0, 0.1) is 0 Å². The van der Waals surface area contributed by atoms with Gasteiger partial charge in [0.1, 0.15) is 18.3 Å². The molecule has 118 valence electrons. The summed E-state index contributed by atoms with van der Waals surface area (Å²) in [6, 6.07) is 5.56. The number of hydrogen-bond acceptors (Lipinski definition) is 6. The second kappa shape index (κ2) is 6.00. The molecule has 0 amide bonds. The van der Waals surface area contributed by atoms with Crippen molar-refractivity contribution in [1.29, 1.82) is 0 Å². The van der Waals surface area contributed by atoms with Crippen LogP contribution in [0.25, 0.3) is 5.65 Å². The van der Waals surface area contributed by atoms with Crippen LogP contribution in [0.5, 0.6) is 0 Å². The third-order valence-corrected chi connectivity index (χ3v) is 4.77. The second-order valence-electron chi connectivity index (χ2n) is 5.47. The van der Waals surface area contributed by atoms with E-state index in [-0.39, 0.29) is 18.6 Å². The number of fused-ring (bicyclic) bond motifs is 1. The van der Waals surface area contributed by atoms with Crippen molar-refractivity contribution in [3.05, 3.63) is 47.9 Å². The Bertz CT molecular complexity index is 781. The van der Waals surface area contributed by atoms with Crippen LogP contribution in [0.4, 0.5) is 5.13 Å². The van der Waals surface area contributed by atoms with Crippen molar-refractivity contribution in [3.8, 4) is 0 Å². The van der Waals surface area contributed by atoms with E-state index in [1.165, 1.54) is 0 Å². The highest BCUT2D eigenvalue weighted by Crippen LogP contribution is 2.28. The number of carbonyl (C=O) groups is 1. The third kappa shape index (κ3) is 2.79. The van der Waals surface area contributed by atoms with Gasteiger partial charge in [-0.05, 0) is 25.0 Å². The van der Waals surface area contributed by atoms with E-state index >= 15 is 0 Å². The predicted molar refractivity (Wildman–Crippen MR) is 87.5 cm³/mol. The van der Waals surface area contributed by atoms with Gasteiger partial charge in [0.2, 0.25) is 0 Å². The first-order valence-electron chi connectivity index (χ1n) is 7.56. The molecular weight excluding hydrogens is 312 g/mol. The van der Waals surface area contributed by atoms with Crippen molar-refractivity contribution in [3.63, 3.8) is 0 Å². The fraction of sp³-hybridized carbons (Fsp3) is 0.312. The SMILES string of the molecule is O=C(OCc1cn2ccccc2n1)C1CCCN1c1nccs1. The maximum atomic E-state index is 12.4. The number of carbonyl (C=O) groups excluding carboxylic acids is 1. The molecule has 4 rings (SSSR count). The fourth-order valence-corrected chi connectivity index (χ4v) is 3.62. The monoisotopic (exact) mass is 328 g/mol. The lowest BCUT2D eigenvalue weighted by Crippen LogP contribution is -2.37. The van der Waals surface area contributed by atoms with Gasteiger partial charge < -0.3 is 14.0 Å². The van der Waals surface area contributed by atoms with Crippen LogP contribution in [0.3, 0.4) is 0 Å². The van der Waals surface area contributed by atoms with Gasteiger partial charge in [-0.1, -0.05) is 6.07 Å². The predicted octanol–water partition coefficient (Wildman–Crippen LogP) is 2.50. The quantitative estimate of drug-likeness (QED) is 0.689. The van der Waals surface area contributed by atoms with Crippen LogP contribution in [0.1, 0.15) is 18.5 Å². The number of ether oxygens (including phenoxy) is 1. The van der Waals surface area contributed by atoms with Gasteiger partial charge in [-0.25, -0.2) is 14.8 Å². The lowest BCUT2D eigenvalue weighted by molar-refractivity contribution is -0.146. The van der Waals surface area contributed by atoms with E-state index < -0.39 is 0 Å². The van der Waals surface area contributed by atoms with Crippen molar-refractivity contribution in [1.82, 2.24) is 14.4 Å². The Labute approximate surface area is 137 Å². The number of aromatic nitrogens is 3. The molecule has 1 aliphatic heterocycles. The number of nitrogens with zero attached hydrogens (tertiary/aromatic N) is 4. The lowest BCUT2D eigenvalue weighted by atomic mass is 10.2. The summed E-state index contributed by atoms with van der Waals surface area (Å²) in [5.74, 6) is -0.199. The largest absolute Gasteiger partial charge is 0.458 e. The molecule has 3 aromatic rings. The highest BCUT2D eigenvalue weighted by atomic mass is 32.1. The average molecular weight is 328 g/mol. The summed E-state index contributed by atoms with van der Waals surface area (Å²) in [5.41, 5.74) is 1.60. The molecule has 6 nitrogen and oxygen atoms in total. The van der Waals surface area contributed by atoms with E-state index in [1.54, 1.807) is 17.5 Å². The summed E-state index contributed by atoms with van der Waals surface area (Å²) >= 11 is 1.55. The van der Waals surface area contributed by atoms with Crippen molar-refractivity contribution in [2.75, 3.05) is 11.4 Å². The van der Waals surface area contributed by atoms with Gasteiger partial charge in [-0.2, -0.15) is 0 Å². The van der Waals surface area contributed by atoms with Crippen LogP contribution in [0.2, 0.25) is 0 Å². The molecule has 4 heterocycles. The summed E-state index contributed by atoms with van der Waals surface area (Å²) < 4.78 is 7.41. The van der Waals surface area contributed by atoms with E-state index in [1.807, 2.05) is 45.3 Å². The summed E-state index contributed by atoms with van der Waals surface area (Å²) in [5, 5.41) is 2.81. The lowest BCUT2D eigenvalue weighted by Gasteiger charge is -2.22. The summed E-state index contributed by atoms with van der Waals surface area (Å²) in [7, 11) is 0. The number of esters is 1. The molecule has 1 atom stereocenters. The maximum Gasteiger partial charge on any atom is 0.329 e. The number of rotatable bonds is 4. The van der Waals surface area contributed by atoms with Crippen LogP contribution >= 0.6 is 11.3 Å². The molecule has 1 aliphatic rings. The van der Waals surface area contributed by atoms with Crippen LogP contribution in [-0.2, 0) is 16.1 Å². The molecule has 0 aromatic carbocycles. The molecule has 0 saturated carbocycles. The second-order valence-corrected chi connectivity index (χ2v) is 6.35. The van der Waals surface area contributed by atoms with E-state index in [4.69, 9.17) is 4.74 Å². The van der Waals surface area contributed by atoms with Crippen molar-refractivity contribution < 1.29 is 9.53 Å². The Kier molecular flexibility index (Phi) is 3.70. The van der Waals surface area contributed by atoms with E-state index in [9.17, 15) is 4.79 Å². The minimum Gasteiger partial charge on any atom is -0.458 e. The molecule has 0 bridgehead atoms. The van der Waals surface area contributed by atoms with Gasteiger partial charge in [0.05, 0.1) is 5.69 Å². The highest BCUT2D eigenvalue weighted by molar-refractivity contribution is 7.13. The standard InChI is InChI=1S/C16H16N4O2S/c21-15(13-4-3-8-20(13)16-17-6-9-23-16)22-11-12-10-19-7-2-1-5-14(19)18-12/h1-2,5-7,9-10,13H,3-4,8,11H2. The van der Waals surface area contributed by atoms with Crippen LogP contribution < -0.4 is 4.90 Å². The van der Waals surface area contributed by atoms with E-state index in [0.717, 1.165) is 35.9 Å². The Morgan fingerprint density at radius 1 is 1.43 bits per heavy atom.